The minimum absolute atomic E-state index is 0.0930. The maximum Gasteiger partial charge on any atom is 0.306 e. The lowest BCUT2D eigenvalue weighted by Gasteiger charge is -2.18. The quantitative estimate of drug-likeness (QED) is 0.620. The van der Waals surface area contributed by atoms with Gasteiger partial charge in [0.1, 0.15) is 0 Å². The third-order valence-electron chi connectivity index (χ3n) is 2.37. The minimum Gasteiger partial charge on any atom is -0.481 e. The van der Waals surface area contributed by atoms with E-state index < -0.39 is 18.0 Å². The van der Waals surface area contributed by atoms with E-state index in [9.17, 15) is 9.90 Å². The van der Waals surface area contributed by atoms with Gasteiger partial charge in [0, 0.05) is 7.11 Å². The smallest absolute Gasteiger partial charge is 0.306 e. The van der Waals surface area contributed by atoms with Gasteiger partial charge < -0.3 is 19.7 Å². The van der Waals surface area contributed by atoms with Crippen LogP contribution in [0.3, 0.4) is 0 Å². The Balaban J connectivity index is 3.80. The summed E-state index contributed by atoms with van der Waals surface area (Å²) in [5.74, 6) is -1.37. The molecule has 0 aromatic heterocycles. The molecule has 0 fully saturated rings. The number of ether oxygens (including phenoxy) is 2. The van der Waals surface area contributed by atoms with E-state index in [1.807, 2.05) is 6.92 Å². The Labute approximate surface area is 96.4 Å². The molecule has 0 rings (SSSR count). The fourth-order valence-corrected chi connectivity index (χ4v) is 1.40. The molecule has 2 N–H and O–H groups in total. The number of carboxylic acids is 1. The van der Waals surface area contributed by atoms with Gasteiger partial charge in [0.05, 0.1) is 31.3 Å². The normalized spacial score (nSPS) is 16.8. The van der Waals surface area contributed by atoms with Crippen LogP contribution >= 0.6 is 0 Å². The van der Waals surface area contributed by atoms with E-state index >= 15 is 0 Å². The summed E-state index contributed by atoms with van der Waals surface area (Å²) in [5, 5.41) is 18.4. The largest absolute Gasteiger partial charge is 0.481 e. The van der Waals surface area contributed by atoms with Crippen molar-refractivity contribution in [2.75, 3.05) is 20.3 Å². The Morgan fingerprint density at radius 1 is 1.38 bits per heavy atom. The number of aliphatic carboxylic acids is 1. The van der Waals surface area contributed by atoms with E-state index in [1.54, 1.807) is 14.0 Å². The Kier molecular flexibility index (Phi) is 8.15. The fourth-order valence-electron chi connectivity index (χ4n) is 1.40. The van der Waals surface area contributed by atoms with Crippen LogP contribution in [0.1, 0.15) is 26.7 Å². The molecule has 0 aliphatic heterocycles. The molecule has 0 aromatic rings. The third kappa shape index (κ3) is 6.76. The summed E-state index contributed by atoms with van der Waals surface area (Å²) in [4.78, 5) is 10.7. The summed E-state index contributed by atoms with van der Waals surface area (Å²) in [5.41, 5.74) is 0. The topological polar surface area (TPSA) is 76.0 Å². The van der Waals surface area contributed by atoms with Crippen LogP contribution in [0.2, 0.25) is 0 Å². The van der Waals surface area contributed by atoms with Gasteiger partial charge in [-0.05, 0) is 19.8 Å². The number of rotatable bonds is 9. The number of carbonyl (C=O) groups is 1. The maximum absolute atomic E-state index is 10.7. The minimum atomic E-state index is -0.869. The Morgan fingerprint density at radius 2 is 2.00 bits per heavy atom. The number of aliphatic hydroxyl groups excluding tert-OH is 1. The first-order valence-corrected chi connectivity index (χ1v) is 5.52. The molecule has 0 radical (unpaired) electrons. The SMILES string of the molecule is CCC(CC(O)COC(C)COC)C(=O)O. The Bertz CT molecular complexity index is 195. The maximum atomic E-state index is 10.7. The number of aliphatic hydroxyl groups is 1. The standard InChI is InChI=1S/C11H22O5/c1-4-9(11(13)14)5-10(12)7-16-8(2)6-15-3/h8-10,12H,4-7H2,1-3H3,(H,13,14). The van der Waals surface area contributed by atoms with E-state index in [-0.39, 0.29) is 19.1 Å². The van der Waals surface area contributed by atoms with Crippen molar-refractivity contribution in [3.05, 3.63) is 0 Å². The molecule has 0 aliphatic rings. The predicted octanol–water partition coefficient (Wildman–Crippen LogP) is 0.900. The lowest BCUT2D eigenvalue weighted by atomic mass is 9.99. The van der Waals surface area contributed by atoms with Crippen molar-refractivity contribution < 1.29 is 24.5 Å². The molecule has 0 amide bonds. The van der Waals surface area contributed by atoms with Gasteiger partial charge in [0.2, 0.25) is 0 Å². The first-order chi connectivity index (χ1) is 7.51. The first-order valence-electron chi connectivity index (χ1n) is 5.52. The van der Waals surface area contributed by atoms with Crippen molar-refractivity contribution in [2.45, 2.75) is 38.9 Å². The molecule has 16 heavy (non-hydrogen) atoms. The molecule has 0 saturated carbocycles. The van der Waals surface area contributed by atoms with Crippen molar-refractivity contribution in [3.63, 3.8) is 0 Å². The Hall–Kier alpha value is -0.650. The van der Waals surface area contributed by atoms with E-state index in [1.165, 1.54) is 0 Å². The summed E-state index contributed by atoms with van der Waals surface area (Å²) in [6.45, 7) is 4.24. The van der Waals surface area contributed by atoms with Gasteiger partial charge >= 0.3 is 5.97 Å². The van der Waals surface area contributed by atoms with Gasteiger partial charge in [0.25, 0.3) is 0 Å². The van der Waals surface area contributed by atoms with E-state index in [0.717, 1.165) is 0 Å². The number of methoxy groups -OCH3 is 1. The Morgan fingerprint density at radius 3 is 2.44 bits per heavy atom. The van der Waals surface area contributed by atoms with E-state index in [2.05, 4.69) is 0 Å². The summed E-state index contributed by atoms with van der Waals surface area (Å²) >= 11 is 0. The van der Waals surface area contributed by atoms with E-state index in [0.29, 0.717) is 13.0 Å². The molecule has 5 heteroatoms. The molecule has 96 valence electrons. The summed E-state index contributed by atoms with van der Waals surface area (Å²) in [6, 6.07) is 0. The molecule has 5 nitrogen and oxygen atoms in total. The third-order valence-corrected chi connectivity index (χ3v) is 2.37. The highest BCUT2D eigenvalue weighted by atomic mass is 16.5. The molecule has 3 atom stereocenters. The van der Waals surface area contributed by atoms with Gasteiger partial charge in [0.15, 0.2) is 0 Å². The van der Waals surface area contributed by atoms with Gasteiger partial charge in [-0.25, -0.2) is 0 Å². The first kappa shape index (κ1) is 15.3. The average Bonchev–Trinajstić information content (AvgIpc) is 2.23. The zero-order chi connectivity index (χ0) is 12.6. The van der Waals surface area contributed by atoms with E-state index in [4.69, 9.17) is 14.6 Å². The van der Waals surface area contributed by atoms with Crippen LogP contribution in [0.15, 0.2) is 0 Å². The summed E-state index contributed by atoms with van der Waals surface area (Å²) in [6.07, 6.45) is -0.0872. The predicted molar refractivity (Wildman–Crippen MR) is 59.3 cm³/mol. The monoisotopic (exact) mass is 234 g/mol. The highest BCUT2D eigenvalue weighted by Gasteiger charge is 2.20. The van der Waals surface area contributed by atoms with Gasteiger partial charge in [-0.15, -0.1) is 0 Å². The van der Waals surface area contributed by atoms with Crippen LogP contribution in [0, 0.1) is 5.92 Å². The molecule has 0 saturated heterocycles. The van der Waals surface area contributed by atoms with Crippen LogP contribution in [0.25, 0.3) is 0 Å². The molecule has 0 heterocycles. The highest BCUT2D eigenvalue weighted by Crippen LogP contribution is 2.12. The van der Waals surface area contributed by atoms with Crippen molar-refractivity contribution in [3.8, 4) is 0 Å². The average molecular weight is 234 g/mol. The molecular formula is C11H22O5. The van der Waals surface area contributed by atoms with Crippen LogP contribution < -0.4 is 0 Å². The second-order valence-corrected chi connectivity index (χ2v) is 3.93. The highest BCUT2D eigenvalue weighted by molar-refractivity contribution is 5.69. The van der Waals surface area contributed by atoms with Crippen molar-refractivity contribution in [1.29, 1.82) is 0 Å². The van der Waals surface area contributed by atoms with Crippen LogP contribution in [0.4, 0.5) is 0 Å². The van der Waals surface area contributed by atoms with Crippen molar-refractivity contribution >= 4 is 5.97 Å². The second kappa shape index (κ2) is 8.50. The van der Waals surface area contributed by atoms with Crippen molar-refractivity contribution in [1.82, 2.24) is 0 Å². The summed E-state index contributed by atoms with van der Waals surface area (Å²) in [7, 11) is 1.58. The molecule has 0 spiro atoms. The molecular weight excluding hydrogens is 212 g/mol. The van der Waals surface area contributed by atoms with Gasteiger partial charge in [-0.3, -0.25) is 4.79 Å². The lowest BCUT2D eigenvalue weighted by molar-refractivity contribution is -0.143. The molecule has 0 aromatic carbocycles. The molecule has 3 unspecified atom stereocenters. The fraction of sp³-hybridized carbons (Fsp3) is 0.909. The zero-order valence-corrected chi connectivity index (χ0v) is 10.2. The van der Waals surface area contributed by atoms with Gasteiger partial charge in [-0.1, -0.05) is 6.92 Å². The second-order valence-electron chi connectivity index (χ2n) is 3.93. The lowest BCUT2D eigenvalue weighted by Crippen LogP contribution is -2.27. The van der Waals surface area contributed by atoms with Crippen LogP contribution in [0.5, 0.6) is 0 Å². The van der Waals surface area contributed by atoms with Crippen molar-refractivity contribution in [2.24, 2.45) is 5.92 Å². The van der Waals surface area contributed by atoms with Crippen LogP contribution in [-0.4, -0.2) is 48.7 Å². The number of hydrogen-bond acceptors (Lipinski definition) is 4. The molecule has 0 aliphatic carbocycles. The zero-order valence-electron chi connectivity index (χ0n) is 10.2. The molecule has 0 bridgehead atoms. The van der Waals surface area contributed by atoms with Crippen LogP contribution in [-0.2, 0) is 14.3 Å². The number of carboxylic acid groups (broad SMARTS) is 1. The van der Waals surface area contributed by atoms with Gasteiger partial charge in [-0.2, -0.15) is 0 Å². The number of hydrogen-bond donors (Lipinski definition) is 2. The summed E-state index contributed by atoms with van der Waals surface area (Å²) < 4.78 is 10.2.